The fourth-order valence-corrected chi connectivity index (χ4v) is 7.69. The summed E-state index contributed by atoms with van der Waals surface area (Å²) in [6.07, 6.45) is 4.94. The zero-order valence-electron chi connectivity index (χ0n) is 20.1. The topological polar surface area (TPSA) is 38.7 Å². The van der Waals surface area contributed by atoms with E-state index in [1.54, 1.807) is 0 Å². The Hall–Kier alpha value is 0.0538. The van der Waals surface area contributed by atoms with E-state index >= 15 is 0 Å². The molecule has 0 unspecified atom stereocenters. The third-order valence-corrected chi connectivity index (χ3v) is 16.0. The van der Waals surface area contributed by atoms with Gasteiger partial charge in [-0.25, -0.2) is 0 Å². The van der Waals surface area contributed by atoms with Crippen LogP contribution in [0, 0.1) is 5.41 Å². The van der Waals surface area contributed by atoms with E-state index < -0.39 is 16.6 Å². The zero-order chi connectivity index (χ0) is 21.5. The lowest BCUT2D eigenvalue weighted by Crippen LogP contribution is -2.53. The molecule has 0 radical (unpaired) electrons. The SMILES string of the molecule is C/C=C/[C@H](O[Si](C)(C)C(C)(C)C)C(C)(C)[C@H](CCO)O[Si](CC)(CC)CC. The van der Waals surface area contributed by atoms with E-state index in [0.717, 1.165) is 18.1 Å². The van der Waals surface area contributed by atoms with Gasteiger partial charge < -0.3 is 14.0 Å². The van der Waals surface area contributed by atoms with Gasteiger partial charge in [0.05, 0.1) is 12.2 Å². The Bertz CT molecular complexity index is 441. The van der Waals surface area contributed by atoms with Gasteiger partial charge in [-0.15, -0.1) is 0 Å². The molecule has 0 aliphatic heterocycles. The van der Waals surface area contributed by atoms with Crippen molar-refractivity contribution in [1.82, 2.24) is 0 Å². The normalized spacial score (nSPS) is 16.7. The molecular weight excluding hydrogens is 368 g/mol. The standard InChI is InChI=1S/C22H48O3Si2/c1-12-16-19(24-26(10,11)21(5,6)7)22(8,9)20(17-18-23)25-27(13-2,14-3)15-4/h12,16,19-20,23H,13-15,17-18H2,1-11H3/b16-12+/t19-,20-/m0/s1. The minimum Gasteiger partial charge on any atom is -0.413 e. The highest BCUT2D eigenvalue weighted by Gasteiger charge is 2.46. The third-order valence-electron chi connectivity index (χ3n) is 6.87. The van der Waals surface area contributed by atoms with Crippen LogP contribution in [0.15, 0.2) is 12.2 Å². The maximum atomic E-state index is 9.77. The van der Waals surface area contributed by atoms with E-state index in [0.29, 0.717) is 6.42 Å². The van der Waals surface area contributed by atoms with Crippen molar-refractivity contribution in [3.63, 3.8) is 0 Å². The van der Waals surface area contributed by atoms with Crippen molar-refractivity contribution in [3.8, 4) is 0 Å². The van der Waals surface area contributed by atoms with E-state index in [1.807, 2.05) is 0 Å². The van der Waals surface area contributed by atoms with Crippen molar-refractivity contribution in [2.45, 2.75) is 117 Å². The molecule has 1 N–H and O–H groups in total. The van der Waals surface area contributed by atoms with Gasteiger partial charge in [-0.05, 0) is 49.6 Å². The largest absolute Gasteiger partial charge is 0.413 e. The molecule has 0 rings (SSSR count). The average molecular weight is 417 g/mol. The van der Waals surface area contributed by atoms with Crippen LogP contribution in [0.5, 0.6) is 0 Å². The second-order valence-corrected chi connectivity index (χ2v) is 19.5. The van der Waals surface area contributed by atoms with Crippen LogP contribution < -0.4 is 0 Å². The predicted octanol–water partition coefficient (Wildman–Crippen LogP) is 6.75. The van der Waals surface area contributed by atoms with Gasteiger partial charge in [0.1, 0.15) is 0 Å². The molecule has 0 heterocycles. The molecule has 0 amide bonds. The first-order chi connectivity index (χ1) is 12.3. The van der Waals surface area contributed by atoms with Gasteiger partial charge in [-0.2, -0.15) is 0 Å². The summed E-state index contributed by atoms with van der Waals surface area (Å²) in [4.78, 5) is 0. The summed E-state index contributed by atoms with van der Waals surface area (Å²) >= 11 is 0. The second-order valence-electron chi connectivity index (χ2n) is 10.0. The fourth-order valence-electron chi connectivity index (χ4n) is 3.29. The highest BCUT2D eigenvalue weighted by molar-refractivity contribution is 6.74. The second kappa shape index (κ2) is 10.7. The smallest absolute Gasteiger partial charge is 0.192 e. The summed E-state index contributed by atoms with van der Waals surface area (Å²) in [5.74, 6) is 0. The van der Waals surface area contributed by atoms with Gasteiger partial charge >= 0.3 is 0 Å². The van der Waals surface area contributed by atoms with Crippen molar-refractivity contribution >= 4 is 16.6 Å². The Labute approximate surface area is 172 Å². The number of aliphatic hydroxyl groups excluding tert-OH is 1. The molecule has 0 aliphatic rings. The molecule has 0 aliphatic carbocycles. The number of hydrogen-bond acceptors (Lipinski definition) is 3. The minimum atomic E-state index is -1.93. The van der Waals surface area contributed by atoms with Crippen LogP contribution in [0.3, 0.4) is 0 Å². The summed E-state index contributed by atoms with van der Waals surface area (Å²) in [5, 5.41) is 9.93. The van der Waals surface area contributed by atoms with Crippen molar-refractivity contribution in [2.24, 2.45) is 5.41 Å². The van der Waals surface area contributed by atoms with Crippen LogP contribution in [0.4, 0.5) is 0 Å². The first-order valence-corrected chi connectivity index (χ1v) is 16.3. The van der Waals surface area contributed by atoms with Crippen LogP contribution in [0.25, 0.3) is 0 Å². The predicted molar refractivity (Wildman–Crippen MR) is 124 cm³/mol. The Balaban J connectivity index is 5.89. The maximum absolute atomic E-state index is 9.77. The molecule has 5 heteroatoms. The number of rotatable bonds is 12. The molecule has 0 spiro atoms. The lowest BCUT2D eigenvalue weighted by Gasteiger charge is -2.48. The van der Waals surface area contributed by atoms with Crippen molar-refractivity contribution in [2.75, 3.05) is 6.61 Å². The zero-order valence-corrected chi connectivity index (χ0v) is 22.1. The molecule has 0 fully saturated rings. The van der Waals surface area contributed by atoms with E-state index in [2.05, 4.69) is 87.6 Å². The van der Waals surface area contributed by atoms with Gasteiger partial charge in [0, 0.05) is 12.0 Å². The molecule has 162 valence electrons. The highest BCUT2D eigenvalue weighted by Crippen LogP contribution is 2.43. The lowest BCUT2D eigenvalue weighted by atomic mass is 9.79. The number of aliphatic hydroxyl groups is 1. The number of allylic oxidation sites excluding steroid dienone is 1. The Morgan fingerprint density at radius 2 is 1.41 bits per heavy atom. The first-order valence-electron chi connectivity index (χ1n) is 10.9. The van der Waals surface area contributed by atoms with Crippen molar-refractivity contribution in [3.05, 3.63) is 12.2 Å². The van der Waals surface area contributed by atoms with E-state index in [-0.39, 0.29) is 29.3 Å². The molecule has 0 saturated carbocycles. The third kappa shape index (κ3) is 7.11. The minimum absolute atomic E-state index is 0.0000139. The fraction of sp³-hybridized carbons (Fsp3) is 0.909. The molecule has 0 saturated heterocycles. The molecular formula is C22H48O3Si2. The van der Waals surface area contributed by atoms with Crippen LogP contribution in [-0.2, 0) is 8.85 Å². The van der Waals surface area contributed by atoms with Crippen LogP contribution in [0.1, 0.15) is 68.7 Å². The summed E-state index contributed by atoms with van der Waals surface area (Å²) in [6.45, 7) is 25.0. The Morgan fingerprint density at radius 3 is 1.74 bits per heavy atom. The quantitative estimate of drug-likeness (QED) is 0.282. The molecule has 0 aromatic rings. The summed E-state index contributed by atoms with van der Waals surface area (Å²) in [7, 11) is -3.70. The molecule has 3 nitrogen and oxygen atoms in total. The lowest BCUT2D eigenvalue weighted by molar-refractivity contribution is -0.0224. The van der Waals surface area contributed by atoms with Gasteiger partial charge in [0.15, 0.2) is 16.6 Å². The molecule has 27 heavy (non-hydrogen) atoms. The van der Waals surface area contributed by atoms with Gasteiger partial charge in [0.2, 0.25) is 0 Å². The summed E-state index contributed by atoms with van der Waals surface area (Å²) in [6, 6.07) is 3.36. The van der Waals surface area contributed by atoms with Crippen molar-refractivity contribution in [1.29, 1.82) is 0 Å². The first kappa shape index (κ1) is 27.1. The Kier molecular flexibility index (Phi) is 10.7. The maximum Gasteiger partial charge on any atom is 0.192 e. The monoisotopic (exact) mass is 416 g/mol. The Morgan fingerprint density at radius 1 is 0.926 bits per heavy atom. The average Bonchev–Trinajstić information content (AvgIpc) is 2.57. The molecule has 0 bridgehead atoms. The molecule has 0 aromatic carbocycles. The molecule has 0 aromatic heterocycles. The summed E-state index contributed by atoms with van der Waals surface area (Å²) in [5.41, 5.74) is -0.206. The van der Waals surface area contributed by atoms with Gasteiger partial charge in [-0.3, -0.25) is 0 Å². The van der Waals surface area contributed by atoms with Crippen LogP contribution in [0.2, 0.25) is 36.3 Å². The van der Waals surface area contributed by atoms with E-state index in [4.69, 9.17) is 8.85 Å². The van der Waals surface area contributed by atoms with Crippen molar-refractivity contribution < 1.29 is 14.0 Å². The number of hydrogen-bond donors (Lipinski definition) is 1. The highest BCUT2D eigenvalue weighted by atomic mass is 28.4. The van der Waals surface area contributed by atoms with Gasteiger partial charge in [0.25, 0.3) is 0 Å². The van der Waals surface area contributed by atoms with Crippen LogP contribution in [-0.4, -0.2) is 40.6 Å². The van der Waals surface area contributed by atoms with E-state index in [1.165, 1.54) is 0 Å². The summed E-state index contributed by atoms with van der Waals surface area (Å²) < 4.78 is 13.8. The van der Waals surface area contributed by atoms with Crippen LogP contribution >= 0.6 is 0 Å². The van der Waals surface area contributed by atoms with Gasteiger partial charge in [-0.1, -0.05) is 67.5 Å². The molecule has 2 atom stereocenters. The van der Waals surface area contributed by atoms with E-state index in [9.17, 15) is 5.11 Å².